The van der Waals surface area contributed by atoms with Gasteiger partial charge in [-0.3, -0.25) is 9.79 Å². The number of piperazine rings is 1. The predicted molar refractivity (Wildman–Crippen MR) is 131 cm³/mol. The Bertz CT molecular complexity index is 1370. The standard InChI is InChI=1S/C25H28F3N7O2/c1-14(16-4-3-5-17(21(16)26)22(27)28)30-23-18-12-19(33-8-10-34(11-9-33)20(37)13-36)25-29-6-7-35(25)24(18)32-15(2)31-23/h3-5,12,14,22,29,36H,6-11,13H2,1-2H3. The van der Waals surface area contributed by atoms with Gasteiger partial charge in [-0.15, -0.1) is 0 Å². The molecule has 4 aliphatic rings. The molecule has 12 heteroatoms. The van der Waals surface area contributed by atoms with Crippen molar-refractivity contribution in [3.63, 3.8) is 0 Å². The Labute approximate surface area is 211 Å². The van der Waals surface area contributed by atoms with Crippen LogP contribution in [0.15, 0.2) is 29.3 Å². The van der Waals surface area contributed by atoms with Crippen molar-refractivity contribution in [1.82, 2.24) is 19.4 Å². The third-order valence-electron chi connectivity index (χ3n) is 6.86. The molecule has 4 aliphatic heterocycles. The minimum absolute atomic E-state index is 0.0718. The molecule has 2 N–H and O–H groups in total. The van der Waals surface area contributed by atoms with Gasteiger partial charge >= 0.3 is 0 Å². The van der Waals surface area contributed by atoms with Crippen LogP contribution >= 0.6 is 0 Å². The second kappa shape index (κ2) is 10.0. The van der Waals surface area contributed by atoms with Crippen LogP contribution in [0.5, 0.6) is 0 Å². The van der Waals surface area contributed by atoms with Crippen molar-refractivity contribution < 1.29 is 23.1 Å². The second-order valence-corrected chi connectivity index (χ2v) is 9.17. The number of fused-ring (bicyclic) bond motifs is 3. The molecule has 1 atom stereocenters. The van der Waals surface area contributed by atoms with E-state index in [1.54, 1.807) is 18.7 Å². The number of hydrogen-bond donors (Lipinski definition) is 2. The number of halogens is 3. The Morgan fingerprint density at radius 1 is 1.16 bits per heavy atom. The van der Waals surface area contributed by atoms with E-state index in [1.165, 1.54) is 12.1 Å². The van der Waals surface area contributed by atoms with E-state index in [2.05, 4.69) is 29.7 Å². The topological polar surface area (TPSA) is 98.9 Å². The number of aliphatic hydroxyl groups is 1. The van der Waals surface area contributed by atoms with Crippen LogP contribution in [0.4, 0.5) is 24.7 Å². The highest BCUT2D eigenvalue weighted by molar-refractivity contribution is 5.79. The Hall–Kier alpha value is -3.67. The first-order valence-electron chi connectivity index (χ1n) is 12.2. The molecule has 1 aromatic rings. The van der Waals surface area contributed by atoms with Gasteiger partial charge in [-0.05, 0) is 19.9 Å². The highest BCUT2D eigenvalue weighted by Gasteiger charge is 2.29. The first kappa shape index (κ1) is 25.0. The Balaban J connectivity index is 1.59. The number of hydrogen-bond acceptors (Lipinski definition) is 7. The van der Waals surface area contributed by atoms with Gasteiger partial charge in [-0.1, -0.05) is 18.2 Å². The summed E-state index contributed by atoms with van der Waals surface area (Å²) in [6, 6.07) is 5.13. The SMILES string of the molecule is Cc1nc2n3c(c(N4CCN(C(=O)CO)CC4)cc-2c(=NC(C)c2cccc(C(F)F)c2F)n1)NCC3. The molecule has 1 unspecified atom stereocenters. The summed E-state index contributed by atoms with van der Waals surface area (Å²) in [5.41, 5.74) is 1.35. The Kier molecular flexibility index (Phi) is 6.76. The lowest BCUT2D eigenvalue weighted by Gasteiger charge is -2.37. The minimum Gasteiger partial charge on any atom is -0.387 e. The lowest BCUT2D eigenvalue weighted by molar-refractivity contribution is -0.134. The molecule has 0 aliphatic carbocycles. The summed E-state index contributed by atoms with van der Waals surface area (Å²) in [5, 5.41) is 12.6. The third-order valence-corrected chi connectivity index (χ3v) is 6.86. The normalized spacial score (nSPS) is 16.9. The molecule has 1 aromatic carbocycles. The maximum absolute atomic E-state index is 14.8. The summed E-state index contributed by atoms with van der Waals surface area (Å²) >= 11 is 0. The lowest BCUT2D eigenvalue weighted by atomic mass is 10.0. The zero-order valence-corrected chi connectivity index (χ0v) is 20.6. The first-order chi connectivity index (χ1) is 17.8. The van der Waals surface area contributed by atoms with Gasteiger partial charge in [0.05, 0.1) is 22.9 Å². The summed E-state index contributed by atoms with van der Waals surface area (Å²) in [6.45, 7) is 6.40. The first-order valence-corrected chi connectivity index (χ1v) is 12.2. The number of anilines is 2. The number of nitrogens with one attached hydrogen (secondary N) is 1. The van der Waals surface area contributed by atoms with Crippen LogP contribution in [-0.2, 0) is 11.3 Å². The van der Waals surface area contributed by atoms with Gasteiger partial charge in [0.1, 0.15) is 29.9 Å². The molecule has 0 aromatic heterocycles. The van der Waals surface area contributed by atoms with Crippen molar-refractivity contribution in [2.45, 2.75) is 32.9 Å². The maximum Gasteiger partial charge on any atom is 0.266 e. The molecule has 0 spiro atoms. The quantitative estimate of drug-likeness (QED) is 0.542. The van der Waals surface area contributed by atoms with E-state index in [1.807, 2.05) is 6.07 Å². The average Bonchev–Trinajstić information content (AvgIpc) is 3.38. The highest BCUT2D eigenvalue weighted by atomic mass is 19.3. The molecule has 0 radical (unpaired) electrons. The van der Waals surface area contributed by atoms with Gasteiger partial charge in [-0.2, -0.15) is 0 Å². The third kappa shape index (κ3) is 4.61. The molecule has 5 rings (SSSR count). The van der Waals surface area contributed by atoms with E-state index in [0.29, 0.717) is 62.0 Å². The van der Waals surface area contributed by atoms with Crippen molar-refractivity contribution in [3.8, 4) is 11.4 Å². The second-order valence-electron chi connectivity index (χ2n) is 9.17. The fourth-order valence-electron chi connectivity index (χ4n) is 4.97. The van der Waals surface area contributed by atoms with E-state index in [0.717, 1.165) is 17.6 Å². The van der Waals surface area contributed by atoms with Gasteiger partial charge in [0.2, 0.25) is 5.91 Å². The largest absolute Gasteiger partial charge is 0.387 e. The molecular formula is C25H28F3N7O2. The van der Waals surface area contributed by atoms with Crippen LogP contribution in [0.25, 0.3) is 11.4 Å². The molecule has 37 heavy (non-hydrogen) atoms. The van der Waals surface area contributed by atoms with Crippen LogP contribution in [0, 0.1) is 12.7 Å². The maximum atomic E-state index is 14.8. The molecule has 1 fully saturated rings. The monoisotopic (exact) mass is 515 g/mol. The molecular weight excluding hydrogens is 487 g/mol. The van der Waals surface area contributed by atoms with Gasteiger partial charge in [0.25, 0.3) is 6.43 Å². The van der Waals surface area contributed by atoms with Crippen molar-refractivity contribution in [2.75, 3.05) is 49.5 Å². The van der Waals surface area contributed by atoms with Crippen molar-refractivity contribution >= 4 is 17.4 Å². The molecule has 4 heterocycles. The summed E-state index contributed by atoms with van der Waals surface area (Å²) in [5.74, 6) is 0.823. The van der Waals surface area contributed by atoms with E-state index in [-0.39, 0.29) is 11.5 Å². The number of pyridine rings is 1. The summed E-state index contributed by atoms with van der Waals surface area (Å²) in [6.07, 6.45) is -2.92. The fraction of sp³-hybridized carbons (Fsp3) is 0.440. The number of amides is 1. The number of aliphatic hydroxyl groups excluding tert-OH is 1. The van der Waals surface area contributed by atoms with E-state index < -0.39 is 30.5 Å². The number of alkyl halides is 2. The zero-order chi connectivity index (χ0) is 26.3. The Morgan fingerprint density at radius 3 is 2.59 bits per heavy atom. The van der Waals surface area contributed by atoms with Crippen LogP contribution in [0.3, 0.4) is 0 Å². The number of rotatable bonds is 5. The number of nitrogens with zero attached hydrogens (tertiary/aromatic N) is 6. The molecule has 9 nitrogen and oxygen atoms in total. The highest BCUT2D eigenvalue weighted by Crippen LogP contribution is 2.36. The van der Waals surface area contributed by atoms with E-state index in [9.17, 15) is 23.1 Å². The number of aromatic nitrogens is 3. The van der Waals surface area contributed by atoms with Gasteiger partial charge < -0.3 is 24.8 Å². The summed E-state index contributed by atoms with van der Waals surface area (Å²) < 4.78 is 43.4. The van der Waals surface area contributed by atoms with Crippen molar-refractivity contribution in [2.24, 2.45) is 4.99 Å². The van der Waals surface area contributed by atoms with E-state index >= 15 is 0 Å². The van der Waals surface area contributed by atoms with Gasteiger partial charge in [0, 0.05) is 44.8 Å². The zero-order valence-electron chi connectivity index (χ0n) is 20.6. The Morgan fingerprint density at radius 2 is 1.89 bits per heavy atom. The number of carbonyl (C=O) groups excluding carboxylic acids is 1. The van der Waals surface area contributed by atoms with Gasteiger partial charge in [-0.25, -0.2) is 23.1 Å². The summed E-state index contributed by atoms with van der Waals surface area (Å²) in [7, 11) is 0. The lowest BCUT2D eigenvalue weighted by Crippen LogP contribution is -2.49. The van der Waals surface area contributed by atoms with Gasteiger partial charge in [0.15, 0.2) is 5.49 Å². The van der Waals surface area contributed by atoms with Crippen LogP contribution in [0.2, 0.25) is 0 Å². The summed E-state index contributed by atoms with van der Waals surface area (Å²) in [4.78, 5) is 29.5. The average molecular weight is 516 g/mol. The van der Waals surface area contributed by atoms with E-state index in [4.69, 9.17) is 0 Å². The molecule has 1 saturated heterocycles. The molecule has 1 amide bonds. The van der Waals surface area contributed by atoms with Crippen molar-refractivity contribution in [1.29, 1.82) is 0 Å². The number of benzene rings is 1. The van der Waals surface area contributed by atoms with Crippen LogP contribution in [-0.4, -0.2) is 69.8 Å². The van der Waals surface area contributed by atoms with Crippen LogP contribution in [0.1, 0.15) is 36.3 Å². The number of aryl methyl sites for hydroxylation is 1. The van der Waals surface area contributed by atoms with Crippen molar-refractivity contribution in [3.05, 3.63) is 52.5 Å². The van der Waals surface area contributed by atoms with Crippen LogP contribution < -0.4 is 15.7 Å². The molecule has 0 saturated carbocycles. The molecule has 0 bridgehead atoms. The molecule has 196 valence electrons. The fourth-order valence-corrected chi connectivity index (χ4v) is 4.97. The predicted octanol–water partition coefficient (Wildman–Crippen LogP) is 2.50. The smallest absolute Gasteiger partial charge is 0.266 e. The number of carbonyl (C=O) groups is 1. The minimum atomic E-state index is -2.92.